The summed E-state index contributed by atoms with van der Waals surface area (Å²) < 4.78 is 32.6. The van der Waals surface area contributed by atoms with E-state index in [1.54, 1.807) is 12.1 Å². The Morgan fingerprint density at radius 2 is 1.18 bits per heavy atom. The molecule has 4 N–H and O–H groups in total. The molecule has 5 saturated heterocycles. The first kappa shape index (κ1) is 29.9. The van der Waals surface area contributed by atoms with E-state index < -0.39 is 11.6 Å². The predicted octanol–water partition coefficient (Wildman–Crippen LogP) is 8.03. The second-order valence-electron chi connectivity index (χ2n) is 15.2. The molecule has 6 fully saturated rings. The van der Waals surface area contributed by atoms with Crippen LogP contribution in [0.3, 0.4) is 0 Å². The number of nitrogens with one attached hydrogen (secondary N) is 4. The Morgan fingerprint density at radius 3 is 1.65 bits per heavy atom. The number of aromatic amines is 2. The molecule has 254 valence electrons. The summed E-state index contributed by atoms with van der Waals surface area (Å²) in [6, 6.07) is 16.7. The number of rotatable bonds is 6. The third kappa shape index (κ3) is 5.12. The van der Waals surface area contributed by atoms with Gasteiger partial charge in [-0.1, -0.05) is 12.1 Å². The van der Waals surface area contributed by atoms with E-state index in [1.807, 2.05) is 4.90 Å². The largest absolute Gasteiger partial charge is 0.364 e. The second-order valence-corrected chi connectivity index (χ2v) is 15.2. The van der Waals surface area contributed by atoms with E-state index in [0.717, 1.165) is 129 Å². The normalized spacial score (nSPS) is 28.5. The zero-order chi connectivity index (χ0) is 32.6. The van der Waals surface area contributed by atoms with Crippen molar-refractivity contribution in [2.45, 2.75) is 94.4 Å². The molecule has 0 unspecified atom stereocenters. The van der Waals surface area contributed by atoms with Gasteiger partial charge in [-0.25, -0.2) is 18.7 Å². The molecular weight excluding hydrogens is 618 g/mol. The first-order chi connectivity index (χ1) is 24.1. The Morgan fingerprint density at radius 1 is 0.633 bits per heavy atom. The summed E-state index contributed by atoms with van der Waals surface area (Å²) in [5.74, 6) is 1.58. The Hall–Kier alpha value is -4.02. The molecule has 0 amide bonds. The van der Waals surface area contributed by atoms with Gasteiger partial charge < -0.3 is 30.4 Å². The lowest BCUT2D eigenvalue weighted by molar-refractivity contribution is 0.249. The van der Waals surface area contributed by atoms with Crippen molar-refractivity contribution in [1.29, 1.82) is 0 Å². The number of fused-ring (bicyclic) bond motifs is 5. The highest BCUT2D eigenvalue weighted by atomic mass is 19.1. The molecular formula is C39H44F2N8. The van der Waals surface area contributed by atoms with Gasteiger partial charge in [-0.15, -0.1) is 0 Å². The van der Waals surface area contributed by atoms with Gasteiger partial charge in [0, 0.05) is 18.3 Å². The quantitative estimate of drug-likeness (QED) is 0.147. The Bertz CT molecular complexity index is 1890. The van der Waals surface area contributed by atoms with Crippen LogP contribution in [0.5, 0.6) is 0 Å². The number of H-pyrrole nitrogens is 2. The number of hydrogen-bond acceptors (Lipinski definition) is 6. The monoisotopic (exact) mass is 662 g/mol. The molecule has 8 nitrogen and oxygen atoms in total. The fourth-order valence-corrected chi connectivity index (χ4v) is 9.82. The van der Waals surface area contributed by atoms with E-state index in [2.05, 4.69) is 61.9 Å². The minimum Gasteiger partial charge on any atom is -0.364 e. The van der Waals surface area contributed by atoms with Gasteiger partial charge >= 0.3 is 0 Å². The molecule has 3 aromatic carbocycles. The maximum Gasteiger partial charge on any atom is 0.151 e. The number of benzene rings is 3. The van der Waals surface area contributed by atoms with Gasteiger partial charge in [0.05, 0.1) is 46.2 Å². The van der Waals surface area contributed by atoms with E-state index in [0.29, 0.717) is 11.6 Å². The van der Waals surface area contributed by atoms with Crippen molar-refractivity contribution in [1.82, 2.24) is 30.6 Å². The van der Waals surface area contributed by atoms with Crippen LogP contribution < -0.4 is 20.4 Å². The Balaban J connectivity index is 1.04. The van der Waals surface area contributed by atoms with Crippen LogP contribution in [0.4, 0.5) is 20.2 Å². The fraction of sp³-hybridized carbons (Fsp3) is 0.487. The summed E-state index contributed by atoms with van der Waals surface area (Å²) in [6.45, 7) is 2.77. The average Bonchev–Trinajstić information content (AvgIpc) is 3.97. The van der Waals surface area contributed by atoms with Gasteiger partial charge in [-0.05, 0) is 131 Å². The number of aromatic nitrogens is 4. The lowest BCUT2D eigenvalue weighted by atomic mass is 9.79. The Labute approximate surface area is 285 Å². The zero-order valence-corrected chi connectivity index (χ0v) is 27.8. The molecule has 1 saturated carbocycles. The van der Waals surface area contributed by atoms with Crippen LogP contribution in [0.25, 0.3) is 22.1 Å². The van der Waals surface area contributed by atoms with E-state index in [1.165, 1.54) is 0 Å². The van der Waals surface area contributed by atoms with Crippen molar-refractivity contribution in [3.63, 3.8) is 0 Å². The molecule has 2 aromatic heterocycles. The van der Waals surface area contributed by atoms with E-state index in [-0.39, 0.29) is 35.9 Å². The summed E-state index contributed by atoms with van der Waals surface area (Å²) in [6.07, 6.45) is 10.6. The van der Waals surface area contributed by atoms with Gasteiger partial charge in [0.2, 0.25) is 0 Å². The molecule has 10 heteroatoms. The summed E-state index contributed by atoms with van der Waals surface area (Å²) in [5, 5.41) is 7.09. The molecule has 5 aliphatic heterocycles. The summed E-state index contributed by atoms with van der Waals surface area (Å²) in [7, 11) is 0. The number of halogens is 2. The molecule has 0 radical (unpaired) electrons. The molecule has 7 heterocycles. The van der Waals surface area contributed by atoms with Gasteiger partial charge in [-0.3, -0.25) is 0 Å². The van der Waals surface area contributed by atoms with E-state index in [4.69, 9.17) is 9.97 Å². The molecule has 49 heavy (non-hydrogen) atoms. The molecule has 4 atom stereocenters. The Kier molecular flexibility index (Phi) is 7.19. The number of nitrogens with zero attached hydrogens (tertiary/aromatic N) is 4. The molecule has 1 aliphatic carbocycles. The lowest BCUT2D eigenvalue weighted by Gasteiger charge is -2.47. The third-order valence-electron chi connectivity index (χ3n) is 12.3. The highest BCUT2D eigenvalue weighted by molar-refractivity contribution is 5.78. The highest BCUT2D eigenvalue weighted by Gasteiger charge is 2.39. The van der Waals surface area contributed by atoms with E-state index in [9.17, 15) is 0 Å². The summed E-state index contributed by atoms with van der Waals surface area (Å²) >= 11 is 0. The molecule has 6 aliphatic rings. The minimum absolute atomic E-state index is 0.0582. The molecule has 11 rings (SSSR count). The number of piperidine rings is 2. The van der Waals surface area contributed by atoms with Crippen molar-refractivity contribution in [2.75, 3.05) is 29.4 Å². The first-order valence-electron chi connectivity index (χ1n) is 18.6. The lowest BCUT2D eigenvalue weighted by Crippen LogP contribution is -2.48. The minimum atomic E-state index is -0.456. The average molecular weight is 663 g/mol. The fourth-order valence-electron chi connectivity index (χ4n) is 9.82. The topological polar surface area (TPSA) is 87.9 Å². The van der Waals surface area contributed by atoms with Gasteiger partial charge in [0.1, 0.15) is 17.3 Å². The molecule has 5 aromatic rings. The maximum atomic E-state index is 16.3. The molecule has 0 spiro atoms. The van der Waals surface area contributed by atoms with Crippen LogP contribution in [0.15, 0.2) is 48.5 Å². The molecule has 2 bridgehead atoms. The van der Waals surface area contributed by atoms with Gasteiger partial charge in [-0.2, -0.15) is 0 Å². The summed E-state index contributed by atoms with van der Waals surface area (Å²) in [4.78, 5) is 21.3. The van der Waals surface area contributed by atoms with Crippen molar-refractivity contribution in [3.8, 4) is 0 Å². The van der Waals surface area contributed by atoms with Gasteiger partial charge in [0.25, 0.3) is 0 Å². The van der Waals surface area contributed by atoms with Crippen molar-refractivity contribution < 1.29 is 8.78 Å². The van der Waals surface area contributed by atoms with Crippen LogP contribution in [0.1, 0.15) is 111 Å². The van der Waals surface area contributed by atoms with E-state index >= 15 is 8.78 Å². The van der Waals surface area contributed by atoms with Gasteiger partial charge in [0.15, 0.2) is 11.6 Å². The van der Waals surface area contributed by atoms with Crippen molar-refractivity contribution in [2.24, 2.45) is 5.92 Å². The summed E-state index contributed by atoms with van der Waals surface area (Å²) in [5.41, 5.74) is 6.90. The zero-order valence-electron chi connectivity index (χ0n) is 27.8. The van der Waals surface area contributed by atoms with Crippen molar-refractivity contribution in [3.05, 3.63) is 82.9 Å². The second kappa shape index (κ2) is 11.8. The first-order valence-corrected chi connectivity index (χ1v) is 18.6. The number of imidazole rings is 2. The van der Waals surface area contributed by atoms with Crippen LogP contribution in [-0.4, -0.2) is 45.6 Å². The number of hydrogen-bond donors (Lipinski definition) is 4. The highest BCUT2D eigenvalue weighted by Crippen LogP contribution is 2.49. The number of anilines is 2. The van der Waals surface area contributed by atoms with Crippen LogP contribution in [0, 0.1) is 17.6 Å². The third-order valence-corrected chi connectivity index (χ3v) is 12.3. The van der Waals surface area contributed by atoms with Crippen LogP contribution >= 0.6 is 0 Å². The standard InChI is InChI=1S/C39H44F2N8/c40-27-19-26(20-28(41)37(27)48-21-22-5-9-25(48)10-6-22)49-35(23-7-11-29-33(17-23)46-38(44-29)31-3-1-15-42-31)13-14-36(49)24-8-12-30-34(18-24)47-39(45-30)32-4-2-16-43-32/h7-8,11-12,17-20,22,25,31-32,35-36,42-43H,1-6,9-10,13-16,21H2,(H,44,46)(H,45,47)/t22?,25?,31-,32-,35+,36+/m0/s1. The van der Waals surface area contributed by atoms with Crippen LogP contribution in [-0.2, 0) is 0 Å². The van der Waals surface area contributed by atoms with Crippen LogP contribution in [0.2, 0.25) is 0 Å². The SMILES string of the molecule is Fc1cc(N2[C@@H](c3ccc4nc([C@@H]5CCCN5)[nH]c4c3)CC[C@@H]2c2ccc3nc([C@@H]4CCCN4)[nH]c3c2)cc(F)c1N1CC2CCC1CC2. The van der Waals surface area contributed by atoms with Crippen molar-refractivity contribution >= 4 is 33.4 Å². The smallest absolute Gasteiger partial charge is 0.151 e. The maximum absolute atomic E-state index is 16.3. The predicted molar refractivity (Wildman–Crippen MR) is 189 cm³/mol.